The van der Waals surface area contributed by atoms with Gasteiger partial charge in [-0.05, 0) is 36.4 Å². The van der Waals surface area contributed by atoms with Crippen LogP contribution in [0.2, 0.25) is 0 Å². The first-order chi connectivity index (χ1) is 12.7. The Morgan fingerprint density at radius 2 is 0.964 bits per heavy atom. The molecule has 0 saturated heterocycles. The summed E-state index contributed by atoms with van der Waals surface area (Å²) in [7, 11) is 0. The van der Waals surface area contributed by atoms with Gasteiger partial charge in [0.15, 0.2) is 5.78 Å². The smallest absolute Gasteiger partial charge is 0.417 e. The topological polar surface area (TPSA) is 91.7 Å². The van der Waals surface area contributed by atoms with Gasteiger partial charge >= 0.3 is 24.3 Å². The van der Waals surface area contributed by atoms with Crippen LogP contribution in [0.15, 0.2) is 36.4 Å². The number of carbonyl (C=O) groups excluding carboxylic acids is 1. The van der Waals surface area contributed by atoms with Gasteiger partial charge in [0.05, 0.1) is 22.3 Å². The molecule has 0 aliphatic heterocycles. The zero-order valence-electron chi connectivity index (χ0n) is 13.4. The Labute approximate surface area is 151 Å². The number of aromatic carboxylic acids is 2. The Morgan fingerprint density at radius 3 is 1.21 bits per heavy atom. The molecule has 148 valence electrons. The fourth-order valence-corrected chi connectivity index (χ4v) is 2.37. The molecule has 2 rings (SSSR count). The Balaban J connectivity index is 2.81. The van der Waals surface area contributed by atoms with E-state index in [9.17, 15) is 40.7 Å². The van der Waals surface area contributed by atoms with Crippen LogP contribution < -0.4 is 0 Å². The van der Waals surface area contributed by atoms with E-state index in [1.807, 2.05) is 0 Å². The summed E-state index contributed by atoms with van der Waals surface area (Å²) in [6.07, 6.45) is -10.4. The van der Waals surface area contributed by atoms with Crippen LogP contribution in [0, 0.1) is 0 Å². The number of benzene rings is 2. The summed E-state index contributed by atoms with van der Waals surface area (Å²) in [5.74, 6) is -5.23. The lowest BCUT2D eigenvalue weighted by Crippen LogP contribution is -2.19. The Morgan fingerprint density at radius 1 is 0.643 bits per heavy atom. The van der Waals surface area contributed by atoms with Gasteiger partial charge in [-0.2, -0.15) is 26.3 Å². The van der Waals surface area contributed by atoms with Crippen LogP contribution in [0.25, 0.3) is 0 Å². The first-order valence-corrected chi connectivity index (χ1v) is 7.17. The molecule has 2 aromatic rings. The van der Waals surface area contributed by atoms with E-state index < -0.39 is 63.5 Å². The fraction of sp³-hybridized carbons (Fsp3) is 0.118. The Kier molecular flexibility index (Phi) is 5.22. The molecular formula is C17H8F6O5. The first-order valence-electron chi connectivity index (χ1n) is 7.17. The molecule has 0 atom stereocenters. The number of hydrogen-bond donors (Lipinski definition) is 2. The van der Waals surface area contributed by atoms with E-state index in [1.165, 1.54) is 0 Å². The van der Waals surface area contributed by atoms with Gasteiger partial charge in [0.25, 0.3) is 0 Å². The predicted octanol–water partition coefficient (Wildman–Crippen LogP) is 4.35. The van der Waals surface area contributed by atoms with Gasteiger partial charge in [0, 0.05) is 11.1 Å². The second kappa shape index (κ2) is 6.98. The van der Waals surface area contributed by atoms with Crippen molar-refractivity contribution in [3.05, 3.63) is 69.8 Å². The summed E-state index contributed by atoms with van der Waals surface area (Å²) in [4.78, 5) is 34.5. The summed E-state index contributed by atoms with van der Waals surface area (Å²) in [6, 6.07) is 2.18. The summed E-state index contributed by atoms with van der Waals surface area (Å²) in [6.45, 7) is 0. The molecule has 0 aliphatic rings. The molecule has 2 N–H and O–H groups in total. The highest BCUT2D eigenvalue weighted by molar-refractivity contribution is 6.12. The average molecular weight is 406 g/mol. The monoisotopic (exact) mass is 406 g/mol. The van der Waals surface area contributed by atoms with Crippen molar-refractivity contribution in [3.8, 4) is 0 Å². The van der Waals surface area contributed by atoms with E-state index in [1.54, 1.807) is 0 Å². The van der Waals surface area contributed by atoms with Crippen LogP contribution >= 0.6 is 0 Å². The van der Waals surface area contributed by atoms with Crippen LogP contribution in [0.5, 0.6) is 0 Å². The number of hydrogen-bond acceptors (Lipinski definition) is 3. The second-order valence-electron chi connectivity index (χ2n) is 5.46. The molecule has 0 spiro atoms. The van der Waals surface area contributed by atoms with Crippen LogP contribution in [-0.4, -0.2) is 27.9 Å². The van der Waals surface area contributed by atoms with E-state index in [0.717, 1.165) is 0 Å². The second-order valence-corrected chi connectivity index (χ2v) is 5.46. The molecule has 0 aromatic heterocycles. The number of halogens is 6. The van der Waals surface area contributed by atoms with Gasteiger partial charge in [-0.15, -0.1) is 0 Å². The van der Waals surface area contributed by atoms with E-state index >= 15 is 0 Å². The van der Waals surface area contributed by atoms with Gasteiger partial charge in [0.1, 0.15) is 0 Å². The highest BCUT2D eigenvalue weighted by Crippen LogP contribution is 2.37. The summed E-state index contributed by atoms with van der Waals surface area (Å²) < 4.78 is 79.1. The van der Waals surface area contributed by atoms with Crippen molar-refractivity contribution in [2.24, 2.45) is 0 Å². The summed E-state index contributed by atoms with van der Waals surface area (Å²) in [5.41, 5.74) is -7.54. The van der Waals surface area contributed by atoms with Gasteiger partial charge in [-0.25, -0.2) is 9.59 Å². The van der Waals surface area contributed by atoms with Gasteiger partial charge in [-0.3, -0.25) is 4.79 Å². The highest BCUT2D eigenvalue weighted by Gasteiger charge is 2.39. The molecule has 11 heteroatoms. The fourth-order valence-electron chi connectivity index (χ4n) is 2.37. The third kappa shape index (κ3) is 4.13. The number of carboxylic acid groups (broad SMARTS) is 2. The lowest BCUT2D eigenvalue weighted by atomic mass is 9.92. The third-order valence-electron chi connectivity index (χ3n) is 3.63. The van der Waals surface area contributed by atoms with E-state index in [2.05, 4.69) is 0 Å². The van der Waals surface area contributed by atoms with Crippen LogP contribution in [0.4, 0.5) is 26.3 Å². The van der Waals surface area contributed by atoms with E-state index in [4.69, 9.17) is 10.2 Å². The van der Waals surface area contributed by atoms with Crippen LogP contribution in [0.1, 0.15) is 47.8 Å². The molecule has 2 aromatic carbocycles. The molecule has 0 heterocycles. The van der Waals surface area contributed by atoms with Crippen molar-refractivity contribution >= 4 is 17.7 Å². The zero-order valence-corrected chi connectivity index (χ0v) is 13.4. The zero-order chi connectivity index (χ0) is 21.4. The molecule has 0 fully saturated rings. The third-order valence-corrected chi connectivity index (χ3v) is 3.63. The SMILES string of the molecule is O=C(O)c1ccc(C(F)(F)F)c(C(=O)c2cc(C(=O)O)ccc2C(F)(F)F)c1. The van der Waals surface area contributed by atoms with Crippen molar-refractivity contribution < 1.29 is 50.9 Å². The van der Waals surface area contributed by atoms with Crippen molar-refractivity contribution in [3.63, 3.8) is 0 Å². The molecule has 0 radical (unpaired) electrons. The summed E-state index contributed by atoms with van der Waals surface area (Å²) in [5, 5.41) is 17.8. The standard InChI is InChI=1S/C17H8F6O5/c18-16(19,20)11-3-1-7(14(25)26)5-9(11)13(24)10-6-8(15(27)28)2-4-12(10)17(21,22)23/h1-6H,(H,25,26)(H,27,28). The van der Waals surface area contributed by atoms with Crippen LogP contribution in [0.3, 0.4) is 0 Å². The largest absolute Gasteiger partial charge is 0.478 e. The molecule has 0 saturated carbocycles. The van der Waals surface area contributed by atoms with Crippen molar-refractivity contribution in [1.82, 2.24) is 0 Å². The average Bonchev–Trinajstić information content (AvgIpc) is 2.58. The minimum Gasteiger partial charge on any atom is -0.478 e. The number of rotatable bonds is 4. The maximum Gasteiger partial charge on any atom is 0.417 e. The summed E-state index contributed by atoms with van der Waals surface area (Å²) >= 11 is 0. The number of alkyl halides is 6. The minimum absolute atomic E-state index is 0.255. The number of ketones is 1. The van der Waals surface area contributed by atoms with Crippen molar-refractivity contribution in [2.45, 2.75) is 12.4 Å². The maximum absolute atomic E-state index is 13.2. The van der Waals surface area contributed by atoms with E-state index in [-0.39, 0.29) is 12.1 Å². The van der Waals surface area contributed by atoms with E-state index in [0.29, 0.717) is 24.3 Å². The number of carboxylic acids is 2. The van der Waals surface area contributed by atoms with Crippen LogP contribution in [-0.2, 0) is 12.4 Å². The molecule has 0 amide bonds. The highest BCUT2D eigenvalue weighted by atomic mass is 19.4. The molecule has 0 aliphatic carbocycles. The quantitative estimate of drug-likeness (QED) is 0.582. The minimum atomic E-state index is -5.18. The molecule has 0 unspecified atom stereocenters. The lowest BCUT2D eigenvalue weighted by Gasteiger charge is -2.16. The Bertz CT molecular complexity index is 897. The number of carbonyl (C=O) groups is 3. The lowest BCUT2D eigenvalue weighted by molar-refractivity contribution is -0.138. The molecular weight excluding hydrogens is 398 g/mol. The predicted molar refractivity (Wildman–Crippen MR) is 80.2 cm³/mol. The molecule has 28 heavy (non-hydrogen) atoms. The Hall–Kier alpha value is -3.37. The molecule has 0 bridgehead atoms. The van der Waals surface area contributed by atoms with Crippen molar-refractivity contribution in [2.75, 3.05) is 0 Å². The van der Waals surface area contributed by atoms with Gasteiger partial charge < -0.3 is 10.2 Å². The molecule has 5 nitrogen and oxygen atoms in total. The van der Waals surface area contributed by atoms with Gasteiger partial charge in [-0.1, -0.05) is 0 Å². The van der Waals surface area contributed by atoms with Crippen molar-refractivity contribution in [1.29, 1.82) is 0 Å². The first kappa shape index (κ1) is 20.9. The normalized spacial score (nSPS) is 11.9. The van der Waals surface area contributed by atoms with Gasteiger partial charge in [0.2, 0.25) is 0 Å². The maximum atomic E-state index is 13.2.